The molecule has 0 radical (unpaired) electrons. The molecule has 0 saturated heterocycles. The summed E-state index contributed by atoms with van der Waals surface area (Å²) in [5.41, 5.74) is 8.83. The molecule has 0 fully saturated rings. The summed E-state index contributed by atoms with van der Waals surface area (Å²) in [6.07, 6.45) is 1.92. The lowest BCUT2D eigenvalue weighted by Crippen LogP contribution is -2.18. The van der Waals surface area contributed by atoms with Gasteiger partial charge < -0.3 is 4.74 Å². The van der Waals surface area contributed by atoms with Crippen LogP contribution < -0.4 is 4.74 Å². The lowest BCUT2D eigenvalue weighted by molar-refractivity contribution is 0.209. The largest absolute Gasteiger partial charge is 0.483 e. The third kappa shape index (κ3) is 3.24. The second kappa shape index (κ2) is 7.39. The third-order valence-electron chi connectivity index (χ3n) is 6.98. The van der Waals surface area contributed by atoms with Gasteiger partial charge in [0.05, 0.1) is 10.9 Å². The molecule has 1 aliphatic rings. The molecule has 0 amide bonds. The highest BCUT2D eigenvalue weighted by Gasteiger charge is 2.35. The highest BCUT2D eigenvalue weighted by Crippen LogP contribution is 2.50. The zero-order valence-corrected chi connectivity index (χ0v) is 21.2. The van der Waals surface area contributed by atoms with Gasteiger partial charge in [-0.3, -0.25) is 4.98 Å². The van der Waals surface area contributed by atoms with Crippen molar-refractivity contribution in [3.05, 3.63) is 96.2 Å². The maximum Gasteiger partial charge on any atom is 0.130 e. The predicted molar refractivity (Wildman–Crippen MR) is 147 cm³/mol. The third-order valence-corrected chi connectivity index (χ3v) is 7.10. The van der Waals surface area contributed by atoms with E-state index >= 15 is 0 Å². The molecule has 1 atom stereocenters. The van der Waals surface area contributed by atoms with Crippen molar-refractivity contribution in [1.82, 2.24) is 4.98 Å². The number of benzene rings is 4. The summed E-state index contributed by atoms with van der Waals surface area (Å²) in [5.74, 6) is 0.860. The minimum absolute atomic E-state index is 0.0249. The van der Waals surface area contributed by atoms with Gasteiger partial charge in [0.2, 0.25) is 0 Å². The van der Waals surface area contributed by atoms with Crippen LogP contribution in [-0.4, -0.2) is 10.3 Å². The number of nitrogens with zero attached hydrogens (tertiary/aromatic N) is 1. The van der Waals surface area contributed by atoms with Crippen LogP contribution in [0.3, 0.4) is 0 Å². The quantitative estimate of drug-likeness (QED) is 0.199. The van der Waals surface area contributed by atoms with E-state index in [0.717, 1.165) is 27.4 Å². The van der Waals surface area contributed by atoms with E-state index in [1.54, 1.807) is 0 Å². The standard InChI is InChI=1S/C31H28NOP/c1-30(2)25-10-6-5-9-22(25)23-14-13-20(18-26(23)30)21-16-17-32-29-24(21)15-12-19-8-7-11-27(28(19)29)33-31(3,4)34/h5-18H,34H2,1-4H3. The summed E-state index contributed by atoms with van der Waals surface area (Å²) >= 11 is 0. The molecule has 4 aromatic carbocycles. The Balaban J connectivity index is 1.57. The van der Waals surface area contributed by atoms with Crippen LogP contribution in [0.25, 0.3) is 43.9 Å². The van der Waals surface area contributed by atoms with Gasteiger partial charge in [0.25, 0.3) is 0 Å². The first-order valence-electron chi connectivity index (χ1n) is 11.8. The fourth-order valence-corrected chi connectivity index (χ4v) is 5.57. The molecule has 0 spiro atoms. The van der Waals surface area contributed by atoms with Gasteiger partial charge in [0, 0.05) is 17.0 Å². The Morgan fingerprint density at radius 1 is 0.794 bits per heavy atom. The average Bonchev–Trinajstić information content (AvgIpc) is 3.04. The van der Waals surface area contributed by atoms with E-state index in [2.05, 4.69) is 89.8 Å². The molecule has 1 heterocycles. The van der Waals surface area contributed by atoms with Crippen molar-refractivity contribution < 1.29 is 4.74 Å². The Hall–Kier alpha value is -3.22. The predicted octanol–water partition coefficient (Wildman–Crippen LogP) is 8.35. The molecule has 2 nitrogen and oxygen atoms in total. The van der Waals surface area contributed by atoms with Crippen molar-refractivity contribution >= 4 is 30.9 Å². The van der Waals surface area contributed by atoms with Crippen LogP contribution in [0.1, 0.15) is 38.8 Å². The van der Waals surface area contributed by atoms with Gasteiger partial charge in [0.15, 0.2) is 0 Å². The highest BCUT2D eigenvalue weighted by molar-refractivity contribution is 7.18. The van der Waals surface area contributed by atoms with Crippen LogP contribution in [-0.2, 0) is 5.41 Å². The van der Waals surface area contributed by atoms with E-state index in [4.69, 9.17) is 9.72 Å². The number of hydrogen-bond acceptors (Lipinski definition) is 2. The van der Waals surface area contributed by atoms with Crippen LogP contribution in [0.4, 0.5) is 0 Å². The summed E-state index contributed by atoms with van der Waals surface area (Å²) in [7, 11) is 2.77. The zero-order valence-electron chi connectivity index (χ0n) is 20.0. The van der Waals surface area contributed by atoms with Gasteiger partial charge in [-0.2, -0.15) is 0 Å². The number of pyridine rings is 1. The van der Waals surface area contributed by atoms with Crippen LogP contribution in [0.5, 0.6) is 5.75 Å². The molecule has 34 heavy (non-hydrogen) atoms. The molecule has 6 rings (SSSR count). The van der Waals surface area contributed by atoms with Crippen molar-refractivity contribution in [3.63, 3.8) is 0 Å². The van der Waals surface area contributed by atoms with Gasteiger partial charge in [-0.25, -0.2) is 0 Å². The van der Waals surface area contributed by atoms with E-state index < -0.39 is 0 Å². The second-order valence-electron chi connectivity index (χ2n) is 10.3. The molecular formula is C31H28NOP. The molecule has 1 aromatic heterocycles. The van der Waals surface area contributed by atoms with Crippen molar-refractivity contribution in [1.29, 1.82) is 0 Å². The molecule has 0 saturated carbocycles. The summed E-state index contributed by atoms with van der Waals surface area (Å²) in [6, 6.07) is 28.4. The first-order valence-corrected chi connectivity index (χ1v) is 12.3. The van der Waals surface area contributed by atoms with E-state index in [1.807, 2.05) is 32.2 Å². The number of ether oxygens (including phenoxy) is 1. The minimum atomic E-state index is -0.366. The molecule has 168 valence electrons. The van der Waals surface area contributed by atoms with Gasteiger partial charge >= 0.3 is 0 Å². The smallest absolute Gasteiger partial charge is 0.130 e. The van der Waals surface area contributed by atoms with Gasteiger partial charge in [-0.1, -0.05) is 83.8 Å². The first-order chi connectivity index (χ1) is 16.2. The Morgan fingerprint density at radius 3 is 2.41 bits per heavy atom. The van der Waals surface area contributed by atoms with Crippen LogP contribution in [0.15, 0.2) is 85.1 Å². The Morgan fingerprint density at radius 2 is 1.59 bits per heavy atom. The number of aromatic nitrogens is 1. The average molecular weight is 462 g/mol. The van der Waals surface area contributed by atoms with Crippen LogP contribution in [0, 0.1) is 0 Å². The molecule has 1 aliphatic carbocycles. The molecule has 5 aromatic rings. The van der Waals surface area contributed by atoms with Crippen LogP contribution in [0.2, 0.25) is 0 Å². The van der Waals surface area contributed by atoms with Gasteiger partial charge in [-0.05, 0) is 70.8 Å². The Kier molecular flexibility index (Phi) is 4.63. The zero-order chi connectivity index (χ0) is 23.7. The van der Waals surface area contributed by atoms with Crippen molar-refractivity contribution in [2.75, 3.05) is 0 Å². The number of hydrogen-bond donors (Lipinski definition) is 0. The second-order valence-corrected chi connectivity index (χ2v) is 11.7. The fraction of sp³-hybridized carbons (Fsp3) is 0.194. The topological polar surface area (TPSA) is 22.1 Å². The Bertz CT molecular complexity index is 1590. The first kappa shape index (κ1) is 21.3. The van der Waals surface area contributed by atoms with Gasteiger partial charge in [-0.15, -0.1) is 0 Å². The molecule has 0 aliphatic heterocycles. The Labute approximate surface area is 203 Å². The summed E-state index contributed by atoms with van der Waals surface area (Å²) in [6.45, 7) is 8.75. The molecule has 3 heteroatoms. The van der Waals surface area contributed by atoms with Crippen molar-refractivity contribution in [2.24, 2.45) is 0 Å². The minimum Gasteiger partial charge on any atom is -0.483 e. The van der Waals surface area contributed by atoms with Crippen molar-refractivity contribution in [2.45, 2.75) is 38.5 Å². The maximum atomic E-state index is 6.32. The lowest BCUT2D eigenvalue weighted by Gasteiger charge is -2.23. The lowest BCUT2D eigenvalue weighted by atomic mass is 9.81. The molecule has 0 bridgehead atoms. The van der Waals surface area contributed by atoms with Crippen LogP contribution >= 0.6 is 9.24 Å². The number of rotatable bonds is 3. The monoisotopic (exact) mass is 461 g/mol. The van der Waals surface area contributed by atoms with E-state index in [0.29, 0.717) is 0 Å². The summed E-state index contributed by atoms with van der Waals surface area (Å²) < 4.78 is 6.32. The summed E-state index contributed by atoms with van der Waals surface area (Å²) in [4.78, 5) is 4.83. The van der Waals surface area contributed by atoms with E-state index in [1.165, 1.54) is 33.4 Å². The molecule has 0 N–H and O–H groups in total. The normalized spacial score (nSPS) is 14.3. The van der Waals surface area contributed by atoms with Crippen molar-refractivity contribution in [3.8, 4) is 28.0 Å². The maximum absolute atomic E-state index is 6.32. The molecule has 1 unspecified atom stereocenters. The van der Waals surface area contributed by atoms with E-state index in [-0.39, 0.29) is 10.8 Å². The summed E-state index contributed by atoms with van der Waals surface area (Å²) in [5, 5.41) is 2.97. The number of fused-ring (bicyclic) bond motifs is 6. The van der Waals surface area contributed by atoms with E-state index in [9.17, 15) is 0 Å². The highest BCUT2D eigenvalue weighted by atomic mass is 31.0. The SMILES string of the molecule is CC(C)(P)Oc1cccc2ccc3c(-c4ccc5c(c4)C(C)(C)c4ccccc4-5)ccnc3c12. The molecular weight excluding hydrogens is 433 g/mol. The van der Waals surface area contributed by atoms with Gasteiger partial charge in [0.1, 0.15) is 11.1 Å². The fourth-order valence-electron chi connectivity index (χ4n) is 5.45.